The van der Waals surface area contributed by atoms with Crippen molar-refractivity contribution in [2.75, 3.05) is 0 Å². The van der Waals surface area contributed by atoms with Gasteiger partial charge in [-0.15, -0.1) is 0 Å². The van der Waals surface area contributed by atoms with Crippen LogP contribution in [0.15, 0.2) is 29.1 Å². The molecule has 0 saturated heterocycles. The van der Waals surface area contributed by atoms with Gasteiger partial charge in [0, 0.05) is 12.6 Å². The molecule has 1 aromatic carbocycles. The number of pyridine rings is 1. The molecule has 0 amide bonds. The number of aromatic nitrogens is 1. The minimum atomic E-state index is -1.03. The smallest absolute Gasteiger partial charge is 0.309 e. The van der Waals surface area contributed by atoms with E-state index in [2.05, 4.69) is 0 Å². The molecule has 0 aliphatic heterocycles. The molecule has 2 aromatic rings. The van der Waals surface area contributed by atoms with Gasteiger partial charge in [0.25, 0.3) is 5.56 Å². The maximum atomic E-state index is 13.2. The van der Waals surface area contributed by atoms with Gasteiger partial charge in [0.2, 0.25) is 0 Å². The van der Waals surface area contributed by atoms with Gasteiger partial charge in [-0.3, -0.25) is 9.59 Å². The van der Waals surface area contributed by atoms with Gasteiger partial charge < -0.3 is 9.67 Å². The molecule has 0 aliphatic carbocycles. The Morgan fingerprint density at radius 3 is 2.60 bits per heavy atom. The summed E-state index contributed by atoms with van der Waals surface area (Å²) in [5.74, 6) is -1.37. The Morgan fingerprint density at radius 1 is 1.35 bits per heavy atom. The van der Waals surface area contributed by atoms with Gasteiger partial charge in [-0.05, 0) is 49.9 Å². The number of hydrogen-bond acceptors (Lipinski definition) is 2. The number of nitrogens with zero attached hydrogens (tertiary/aromatic N) is 1. The second-order valence-corrected chi connectivity index (χ2v) is 5.60. The SMILES string of the molecule is Cn1c(=O)c(CC(C)(C)C(=O)O)cc2ccc(F)cc21. The average Bonchev–Trinajstić information content (AvgIpc) is 2.36. The molecule has 106 valence electrons. The molecule has 0 bridgehead atoms. The van der Waals surface area contributed by atoms with Crippen LogP contribution < -0.4 is 5.56 Å². The molecule has 0 spiro atoms. The maximum Gasteiger partial charge on any atom is 0.309 e. The first-order chi connectivity index (χ1) is 9.22. The van der Waals surface area contributed by atoms with Gasteiger partial charge in [-0.1, -0.05) is 0 Å². The number of rotatable bonds is 3. The number of aryl methyl sites for hydroxylation is 1. The quantitative estimate of drug-likeness (QED) is 0.936. The van der Waals surface area contributed by atoms with Crippen LogP contribution in [0.2, 0.25) is 0 Å². The van der Waals surface area contributed by atoms with E-state index in [9.17, 15) is 14.0 Å². The fourth-order valence-electron chi connectivity index (χ4n) is 2.18. The molecule has 2 rings (SSSR count). The Hall–Kier alpha value is -2.17. The highest BCUT2D eigenvalue weighted by Gasteiger charge is 2.28. The molecular weight excluding hydrogens is 261 g/mol. The van der Waals surface area contributed by atoms with Crippen LogP contribution in [0.4, 0.5) is 4.39 Å². The molecule has 0 atom stereocenters. The van der Waals surface area contributed by atoms with Crippen molar-refractivity contribution in [3.63, 3.8) is 0 Å². The minimum absolute atomic E-state index is 0.127. The summed E-state index contributed by atoms with van der Waals surface area (Å²) in [5, 5.41) is 9.87. The predicted molar refractivity (Wildman–Crippen MR) is 74.3 cm³/mol. The molecule has 1 aromatic heterocycles. The molecule has 4 nitrogen and oxygen atoms in total. The van der Waals surface area contributed by atoms with Crippen molar-refractivity contribution in [3.8, 4) is 0 Å². The Labute approximate surface area is 115 Å². The largest absolute Gasteiger partial charge is 0.481 e. The molecule has 0 aliphatic rings. The average molecular weight is 277 g/mol. The molecule has 5 heteroatoms. The maximum absolute atomic E-state index is 13.2. The first-order valence-electron chi connectivity index (χ1n) is 6.24. The van der Waals surface area contributed by atoms with Crippen LogP contribution in [0.1, 0.15) is 19.4 Å². The Kier molecular flexibility index (Phi) is 3.38. The normalized spacial score (nSPS) is 11.8. The van der Waals surface area contributed by atoms with Crippen molar-refractivity contribution in [1.82, 2.24) is 4.57 Å². The second-order valence-electron chi connectivity index (χ2n) is 5.60. The van der Waals surface area contributed by atoms with Gasteiger partial charge in [0.15, 0.2) is 0 Å². The zero-order valence-electron chi connectivity index (χ0n) is 11.6. The fraction of sp³-hybridized carbons (Fsp3) is 0.333. The number of hydrogen-bond donors (Lipinski definition) is 1. The van der Waals surface area contributed by atoms with Crippen molar-refractivity contribution in [2.24, 2.45) is 12.5 Å². The van der Waals surface area contributed by atoms with Crippen LogP contribution in [0.3, 0.4) is 0 Å². The fourth-order valence-corrected chi connectivity index (χ4v) is 2.18. The topological polar surface area (TPSA) is 59.3 Å². The number of benzene rings is 1. The van der Waals surface area contributed by atoms with Crippen LogP contribution in [0.25, 0.3) is 10.9 Å². The van der Waals surface area contributed by atoms with E-state index in [-0.39, 0.29) is 12.0 Å². The van der Waals surface area contributed by atoms with Crippen LogP contribution in [0, 0.1) is 11.2 Å². The summed E-state index contributed by atoms with van der Waals surface area (Å²) in [5.41, 5.74) is -0.414. The molecule has 0 saturated carbocycles. The summed E-state index contributed by atoms with van der Waals surface area (Å²) >= 11 is 0. The van der Waals surface area contributed by atoms with Gasteiger partial charge in [0.05, 0.1) is 10.9 Å². The second kappa shape index (κ2) is 4.74. The van der Waals surface area contributed by atoms with Crippen LogP contribution in [-0.4, -0.2) is 15.6 Å². The summed E-state index contributed by atoms with van der Waals surface area (Å²) in [6.07, 6.45) is 0.127. The van der Waals surface area contributed by atoms with Crippen LogP contribution in [-0.2, 0) is 18.3 Å². The van der Waals surface area contributed by atoms with E-state index < -0.39 is 17.2 Å². The third kappa shape index (κ3) is 2.43. The van der Waals surface area contributed by atoms with E-state index in [1.54, 1.807) is 33.0 Å². The highest BCUT2D eigenvalue weighted by atomic mass is 19.1. The van der Waals surface area contributed by atoms with Crippen LogP contribution >= 0.6 is 0 Å². The third-order valence-electron chi connectivity index (χ3n) is 3.47. The zero-order valence-corrected chi connectivity index (χ0v) is 11.6. The monoisotopic (exact) mass is 277 g/mol. The van der Waals surface area contributed by atoms with Crippen LogP contribution in [0.5, 0.6) is 0 Å². The summed E-state index contributed by atoms with van der Waals surface area (Å²) in [4.78, 5) is 23.4. The molecule has 0 unspecified atom stereocenters. The minimum Gasteiger partial charge on any atom is -0.481 e. The van der Waals surface area contributed by atoms with Gasteiger partial charge in [0.1, 0.15) is 5.82 Å². The summed E-state index contributed by atoms with van der Waals surface area (Å²) < 4.78 is 14.6. The van der Waals surface area contributed by atoms with E-state index in [4.69, 9.17) is 5.11 Å². The van der Waals surface area contributed by atoms with Crippen molar-refractivity contribution < 1.29 is 14.3 Å². The van der Waals surface area contributed by atoms with Gasteiger partial charge in [-0.2, -0.15) is 0 Å². The lowest BCUT2D eigenvalue weighted by Crippen LogP contribution is -2.31. The number of carboxylic acid groups (broad SMARTS) is 1. The highest BCUT2D eigenvalue weighted by Crippen LogP contribution is 2.22. The van der Waals surface area contributed by atoms with E-state index >= 15 is 0 Å². The van der Waals surface area contributed by atoms with Crippen molar-refractivity contribution in [3.05, 3.63) is 46.0 Å². The lowest BCUT2D eigenvalue weighted by atomic mass is 9.86. The number of halogens is 1. The number of carboxylic acids is 1. The molecule has 20 heavy (non-hydrogen) atoms. The van der Waals surface area contributed by atoms with E-state index in [0.717, 1.165) is 0 Å². The molecule has 0 fully saturated rings. The number of fused-ring (bicyclic) bond motifs is 1. The third-order valence-corrected chi connectivity index (χ3v) is 3.47. The van der Waals surface area contributed by atoms with Crippen molar-refractivity contribution in [2.45, 2.75) is 20.3 Å². The summed E-state index contributed by atoms with van der Waals surface area (Å²) in [7, 11) is 1.56. The zero-order chi connectivity index (χ0) is 15.1. The Morgan fingerprint density at radius 2 is 2.00 bits per heavy atom. The van der Waals surface area contributed by atoms with Gasteiger partial charge in [-0.25, -0.2) is 4.39 Å². The van der Waals surface area contributed by atoms with E-state index in [0.29, 0.717) is 16.5 Å². The number of carbonyl (C=O) groups is 1. The predicted octanol–water partition coefficient (Wildman–Crippen LogP) is 2.33. The number of aliphatic carboxylic acids is 1. The van der Waals surface area contributed by atoms with E-state index in [1.807, 2.05) is 0 Å². The standard InChI is InChI=1S/C15H16FNO3/c1-15(2,14(19)20)8-10-6-9-4-5-11(16)7-12(9)17(3)13(10)18/h4-7H,8H2,1-3H3,(H,19,20). The summed E-state index contributed by atoms with van der Waals surface area (Å²) in [6, 6.07) is 5.84. The van der Waals surface area contributed by atoms with Crippen molar-refractivity contribution in [1.29, 1.82) is 0 Å². The Balaban J connectivity index is 2.62. The molecular formula is C15H16FNO3. The molecule has 0 radical (unpaired) electrons. The first kappa shape index (κ1) is 14.2. The first-order valence-corrected chi connectivity index (χ1v) is 6.24. The lowest BCUT2D eigenvalue weighted by Gasteiger charge is -2.19. The highest BCUT2D eigenvalue weighted by molar-refractivity contribution is 5.80. The lowest BCUT2D eigenvalue weighted by molar-refractivity contribution is -0.146. The Bertz CT molecular complexity index is 747. The molecule has 1 heterocycles. The van der Waals surface area contributed by atoms with E-state index in [1.165, 1.54) is 16.7 Å². The van der Waals surface area contributed by atoms with Gasteiger partial charge >= 0.3 is 5.97 Å². The summed E-state index contributed by atoms with van der Waals surface area (Å²) in [6.45, 7) is 3.15. The molecule has 1 N–H and O–H groups in total. The van der Waals surface area contributed by atoms with Crippen molar-refractivity contribution >= 4 is 16.9 Å².